The van der Waals surface area contributed by atoms with E-state index in [2.05, 4.69) is 14.7 Å². The molecule has 1 saturated carbocycles. The van der Waals surface area contributed by atoms with Gasteiger partial charge in [0.15, 0.2) is 5.82 Å². The summed E-state index contributed by atoms with van der Waals surface area (Å²) in [5.74, 6) is 0.774. The standard InChI is InChI=1S/C8H13N3OS/c1-5(12-2)7-10-8(13-11-7)9-6-3-4-6/h5-6H,3-4H2,1-2H3,(H,9,10,11). The van der Waals surface area contributed by atoms with Gasteiger partial charge in [-0.3, -0.25) is 0 Å². The second-order valence-electron chi connectivity index (χ2n) is 3.25. The average Bonchev–Trinajstić information content (AvgIpc) is 2.81. The lowest BCUT2D eigenvalue weighted by Gasteiger charge is -2.02. The van der Waals surface area contributed by atoms with E-state index in [1.807, 2.05) is 6.92 Å². The number of anilines is 1. The monoisotopic (exact) mass is 199 g/mol. The van der Waals surface area contributed by atoms with Crippen LogP contribution in [0.15, 0.2) is 0 Å². The molecule has 1 unspecified atom stereocenters. The lowest BCUT2D eigenvalue weighted by Crippen LogP contribution is -2.02. The molecule has 2 rings (SSSR count). The Bertz CT molecular complexity index is 285. The number of rotatable bonds is 4. The third-order valence-corrected chi connectivity index (χ3v) is 2.72. The van der Waals surface area contributed by atoms with Crippen LogP contribution >= 0.6 is 11.5 Å². The molecule has 1 atom stereocenters. The van der Waals surface area contributed by atoms with Crippen LogP contribution in [0.5, 0.6) is 0 Å². The molecule has 13 heavy (non-hydrogen) atoms. The van der Waals surface area contributed by atoms with Gasteiger partial charge in [0.25, 0.3) is 0 Å². The van der Waals surface area contributed by atoms with Crippen LogP contribution in [0.25, 0.3) is 0 Å². The summed E-state index contributed by atoms with van der Waals surface area (Å²) in [7, 11) is 1.67. The first-order valence-corrected chi connectivity index (χ1v) is 5.20. The Balaban J connectivity index is 1.99. The number of hydrogen-bond acceptors (Lipinski definition) is 5. The summed E-state index contributed by atoms with van der Waals surface area (Å²) in [5, 5.41) is 4.22. The quantitative estimate of drug-likeness (QED) is 0.803. The van der Waals surface area contributed by atoms with E-state index in [-0.39, 0.29) is 6.10 Å². The molecule has 1 aliphatic carbocycles. The molecule has 5 heteroatoms. The van der Waals surface area contributed by atoms with Crippen molar-refractivity contribution in [2.75, 3.05) is 12.4 Å². The normalized spacial score (nSPS) is 18.6. The summed E-state index contributed by atoms with van der Waals surface area (Å²) in [5.41, 5.74) is 0. The number of nitrogens with zero attached hydrogens (tertiary/aromatic N) is 2. The fourth-order valence-electron chi connectivity index (χ4n) is 0.966. The van der Waals surface area contributed by atoms with Gasteiger partial charge in [-0.05, 0) is 19.8 Å². The maximum absolute atomic E-state index is 5.12. The predicted molar refractivity (Wildman–Crippen MR) is 52.0 cm³/mol. The van der Waals surface area contributed by atoms with E-state index < -0.39 is 0 Å². The molecule has 0 spiro atoms. The fourth-order valence-corrected chi connectivity index (χ4v) is 1.69. The Labute approximate surface area is 81.5 Å². The van der Waals surface area contributed by atoms with E-state index in [9.17, 15) is 0 Å². The topological polar surface area (TPSA) is 47.0 Å². The minimum absolute atomic E-state index is 0.00833. The Morgan fingerprint density at radius 2 is 2.38 bits per heavy atom. The number of methoxy groups -OCH3 is 1. The average molecular weight is 199 g/mol. The zero-order valence-corrected chi connectivity index (χ0v) is 8.60. The molecular weight excluding hydrogens is 186 g/mol. The van der Waals surface area contributed by atoms with Crippen LogP contribution in [-0.2, 0) is 4.74 Å². The van der Waals surface area contributed by atoms with Crippen LogP contribution in [0.4, 0.5) is 5.13 Å². The van der Waals surface area contributed by atoms with Gasteiger partial charge in [-0.25, -0.2) is 4.98 Å². The van der Waals surface area contributed by atoms with Crippen molar-refractivity contribution in [2.45, 2.75) is 31.9 Å². The van der Waals surface area contributed by atoms with Gasteiger partial charge in [0, 0.05) is 24.7 Å². The van der Waals surface area contributed by atoms with Crippen LogP contribution in [-0.4, -0.2) is 22.5 Å². The summed E-state index contributed by atoms with van der Waals surface area (Å²) in [4.78, 5) is 4.33. The van der Waals surface area contributed by atoms with Crippen molar-refractivity contribution in [1.82, 2.24) is 9.36 Å². The van der Waals surface area contributed by atoms with Gasteiger partial charge in [-0.2, -0.15) is 4.37 Å². The first-order valence-electron chi connectivity index (χ1n) is 4.42. The van der Waals surface area contributed by atoms with E-state index >= 15 is 0 Å². The van der Waals surface area contributed by atoms with Gasteiger partial charge >= 0.3 is 0 Å². The van der Waals surface area contributed by atoms with Crippen molar-refractivity contribution in [1.29, 1.82) is 0 Å². The van der Waals surface area contributed by atoms with E-state index in [0.717, 1.165) is 11.0 Å². The van der Waals surface area contributed by atoms with Gasteiger partial charge in [0.1, 0.15) is 6.10 Å². The number of ether oxygens (including phenoxy) is 1. The summed E-state index contributed by atoms with van der Waals surface area (Å²) in [6.45, 7) is 1.95. The number of hydrogen-bond donors (Lipinski definition) is 1. The molecule has 0 saturated heterocycles. The minimum atomic E-state index is -0.00833. The van der Waals surface area contributed by atoms with Crippen molar-refractivity contribution >= 4 is 16.7 Å². The Morgan fingerprint density at radius 1 is 1.62 bits per heavy atom. The molecule has 0 aromatic carbocycles. The number of nitrogens with one attached hydrogen (secondary N) is 1. The summed E-state index contributed by atoms with van der Waals surface area (Å²) in [6.07, 6.45) is 2.51. The SMILES string of the molecule is COC(C)c1nsc(NC2CC2)n1. The highest BCUT2D eigenvalue weighted by atomic mass is 32.1. The van der Waals surface area contributed by atoms with Crippen molar-refractivity contribution in [3.63, 3.8) is 0 Å². The molecule has 0 amide bonds. The first-order chi connectivity index (χ1) is 6.29. The summed E-state index contributed by atoms with van der Waals surface area (Å²) < 4.78 is 9.33. The minimum Gasteiger partial charge on any atom is -0.374 e. The highest BCUT2D eigenvalue weighted by molar-refractivity contribution is 7.09. The van der Waals surface area contributed by atoms with Crippen molar-refractivity contribution in [2.24, 2.45) is 0 Å². The molecule has 1 aliphatic rings. The molecule has 0 aliphatic heterocycles. The molecule has 1 aromatic rings. The lowest BCUT2D eigenvalue weighted by atomic mass is 10.4. The van der Waals surface area contributed by atoms with Crippen LogP contribution in [0, 0.1) is 0 Å². The molecule has 1 heterocycles. The van der Waals surface area contributed by atoms with E-state index in [1.165, 1.54) is 24.4 Å². The third-order valence-electron chi connectivity index (χ3n) is 2.06. The summed E-state index contributed by atoms with van der Waals surface area (Å²) in [6, 6.07) is 0.638. The zero-order chi connectivity index (χ0) is 9.26. The molecule has 1 N–H and O–H groups in total. The fraction of sp³-hybridized carbons (Fsp3) is 0.750. The van der Waals surface area contributed by atoms with Crippen molar-refractivity contribution in [3.8, 4) is 0 Å². The van der Waals surface area contributed by atoms with Gasteiger partial charge in [0.2, 0.25) is 5.13 Å². The van der Waals surface area contributed by atoms with Gasteiger partial charge in [-0.1, -0.05) is 0 Å². The molecule has 4 nitrogen and oxygen atoms in total. The Morgan fingerprint density at radius 3 is 3.00 bits per heavy atom. The molecule has 1 fully saturated rings. The second kappa shape index (κ2) is 3.59. The molecular formula is C8H13N3OS. The van der Waals surface area contributed by atoms with E-state index in [1.54, 1.807) is 7.11 Å². The predicted octanol–water partition coefficient (Wildman–Crippen LogP) is 1.82. The van der Waals surface area contributed by atoms with E-state index in [0.29, 0.717) is 6.04 Å². The van der Waals surface area contributed by atoms with Gasteiger partial charge in [0.05, 0.1) is 0 Å². The summed E-state index contributed by atoms with van der Waals surface area (Å²) >= 11 is 1.41. The van der Waals surface area contributed by atoms with Gasteiger partial charge < -0.3 is 10.1 Å². The van der Waals surface area contributed by atoms with Crippen LogP contribution in [0.2, 0.25) is 0 Å². The largest absolute Gasteiger partial charge is 0.374 e. The maximum Gasteiger partial charge on any atom is 0.202 e. The Hall–Kier alpha value is -0.680. The zero-order valence-electron chi connectivity index (χ0n) is 7.78. The van der Waals surface area contributed by atoms with E-state index in [4.69, 9.17) is 4.74 Å². The number of aromatic nitrogens is 2. The van der Waals surface area contributed by atoms with Crippen LogP contribution in [0.1, 0.15) is 31.7 Å². The lowest BCUT2D eigenvalue weighted by molar-refractivity contribution is 0.113. The Kier molecular flexibility index (Phi) is 2.46. The smallest absolute Gasteiger partial charge is 0.202 e. The first kappa shape index (κ1) is 8.90. The van der Waals surface area contributed by atoms with Crippen LogP contribution < -0.4 is 5.32 Å². The van der Waals surface area contributed by atoms with Crippen molar-refractivity contribution in [3.05, 3.63) is 5.82 Å². The molecule has 72 valence electrons. The molecule has 1 aromatic heterocycles. The molecule has 0 radical (unpaired) electrons. The highest BCUT2D eigenvalue weighted by Gasteiger charge is 2.22. The van der Waals surface area contributed by atoms with Crippen LogP contribution in [0.3, 0.4) is 0 Å². The third kappa shape index (κ3) is 2.16. The highest BCUT2D eigenvalue weighted by Crippen LogP contribution is 2.26. The van der Waals surface area contributed by atoms with Crippen molar-refractivity contribution < 1.29 is 4.74 Å². The second-order valence-corrected chi connectivity index (χ2v) is 4.01. The molecule has 0 bridgehead atoms. The van der Waals surface area contributed by atoms with Gasteiger partial charge in [-0.15, -0.1) is 0 Å². The maximum atomic E-state index is 5.12.